The molecule has 0 aromatic heterocycles. The van der Waals surface area contributed by atoms with Gasteiger partial charge in [0.2, 0.25) is 0 Å². The Bertz CT molecular complexity index is 914. The fourth-order valence-electron chi connectivity index (χ4n) is 3.57. The van der Waals surface area contributed by atoms with Crippen LogP contribution in [0.1, 0.15) is 45.1 Å². The topological polar surface area (TPSA) is 102 Å². The molecule has 2 amide bonds. The van der Waals surface area contributed by atoms with E-state index in [1.165, 1.54) is 11.0 Å². The van der Waals surface area contributed by atoms with Crippen molar-refractivity contribution in [2.45, 2.75) is 51.2 Å². The number of benzene rings is 1. The molecule has 1 aromatic carbocycles. The number of sulfone groups is 1. The molecule has 0 spiro atoms. The molecule has 30 heavy (non-hydrogen) atoms. The lowest BCUT2D eigenvalue weighted by Crippen LogP contribution is -2.38. The summed E-state index contributed by atoms with van der Waals surface area (Å²) in [5, 5.41) is 2.56. The smallest absolute Gasteiger partial charge is 0.414 e. The molecule has 2 fully saturated rings. The van der Waals surface area contributed by atoms with Gasteiger partial charge < -0.3 is 14.8 Å². The number of amides is 2. The molecule has 2 aliphatic heterocycles. The van der Waals surface area contributed by atoms with E-state index in [2.05, 4.69) is 5.32 Å². The minimum Gasteiger partial charge on any atom is -0.444 e. The number of alkyl carbamates (subject to hydrolysis) is 1. The first kappa shape index (κ1) is 22.3. The van der Waals surface area contributed by atoms with Gasteiger partial charge in [0.1, 0.15) is 27.4 Å². The second kappa shape index (κ2) is 8.41. The van der Waals surface area contributed by atoms with Gasteiger partial charge >= 0.3 is 12.2 Å². The maximum Gasteiger partial charge on any atom is 0.414 e. The number of nitrogens with zero attached hydrogens (tertiary/aromatic N) is 1. The highest BCUT2D eigenvalue weighted by Crippen LogP contribution is 2.33. The molecule has 166 valence electrons. The summed E-state index contributed by atoms with van der Waals surface area (Å²) in [6.07, 6.45) is -1.04. The number of hydrogen-bond acceptors (Lipinski definition) is 6. The zero-order chi connectivity index (χ0) is 22.1. The SMILES string of the molecule is CC(C)(C)OC(=O)NC[C@H]1CN(c2ccc(C3CCS(=O)(=O)CC3)c(F)c2)C(=O)O1. The molecular formula is C20H27FN2O6S. The fraction of sp³-hybridized carbons (Fsp3) is 0.600. The van der Waals surface area contributed by atoms with Gasteiger partial charge in [-0.2, -0.15) is 0 Å². The zero-order valence-electron chi connectivity index (χ0n) is 17.3. The molecule has 0 saturated carbocycles. The largest absolute Gasteiger partial charge is 0.444 e. The lowest BCUT2D eigenvalue weighted by molar-refractivity contribution is 0.0496. The summed E-state index contributed by atoms with van der Waals surface area (Å²) >= 11 is 0. The van der Waals surface area contributed by atoms with E-state index in [9.17, 15) is 22.4 Å². The van der Waals surface area contributed by atoms with Gasteiger partial charge in [-0.15, -0.1) is 0 Å². The van der Waals surface area contributed by atoms with E-state index in [1.807, 2.05) is 0 Å². The molecule has 1 aromatic rings. The van der Waals surface area contributed by atoms with Crippen molar-refractivity contribution in [2.24, 2.45) is 0 Å². The quantitative estimate of drug-likeness (QED) is 0.769. The maximum atomic E-state index is 14.7. The van der Waals surface area contributed by atoms with Crippen molar-refractivity contribution < 1.29 is 31.9 Å². The number of anilines is 1. The van der Waals surface area contributed by atoms with Gasteiger partial charge in [-0.3, -0.25) is 4.90 Å². The third-order valence-electron chi connectivity index (χ3n) is 5.04. The lowest BCUT2D eigenvalue weighted by Gasteiger charge is -2.23. The Morgan fingerprint density at radius 3 is 2.57 bits per heavy atom. The van der Waals surface area contributed by atoms with E-state index in [-0.39, 0.29) is 30.5 Å². The van der Waals surface area contributed by atoms with Crippen LogP contribution < -0.4 is 10.2 Å². The van der Waals surface area contributed by atoms with Gasteiger partial charge in [-0.05, 0) is 57.2 Å². The van der Waals surface area contributed by atoms with Crippen LogP contribution in [-0.2, 0) is 19.3 Å². The van der Waals surface area contributed by atoms with Crippen molar-refractivity contribution in [3.8, 4) is 0 Å². The first-order valence-corrected chi connectivity index (χ1v) is 11.7. The Labute approximate surface area is 175 Å². The van der Waals surface area contributed by atoms with Crippen molar-refractivity contribution >= 4 is 27.7 Å². The van der Waals surface area contributed by atoms with E-state index < -0.39 is 39.5 Å². The van der Waals surface area contributed by atoms with Gasteiger partial charge in [-0.25, -0.2) is 22.4 Å². The molecule has 0 bridgehead atoms. The van der Waals surface area contributed by atoms with Gasteiger partial charge in [0.15, 0.2) is 0 Å². The highest BCUT2D eigenvalue weighted by Gasteiger charge is 2.34. The number of hydrogen-bond donors (Lipinski definition) is 1. The first-order valence-electron chi connectivity index (χ1n) is 9.88. The second-order valence-corrected chi connectivity index (χ2v) is 10.9. The van der Waals surface area contributed by atoms with Gasteiger partial charge in [0.25, 0.3) is 0 Å². The average molecular weight is 443 g/mol. The van der Waals surface area contributed by atoms with Crippen molar-refractivity contribution in [1.29, 1.82) is 0 Å². The average Bonchev–Trinajstić information content (AvgIpc) is 3.00. The predicted octanol–water partition coefficient (Wildman–Crippen LogP) is 2.97. The van der Waals surface area contributed by atoms with Gasteiger partial charge in [-0.1, -0.05) is 6.07 Å². The van der Waals surface area contributed by atoms with E-state index in [0.29, 0.717) is 24.1 Å². The first-order chi connectivity index (χ1) is 13.9. The Kier molecular flexibility index (Phi) is 6.26. The summed E-state index contributed by atoms with van der Waals surface area (Å²) in [5.41, 5.74) is 0.179. The van der Waals surface area contributed by atoms with Gasteiger partial charge in [0, 0.05) is 0 Å². The standard InChI is InChI=1S/C20H27FN2O6S/c1-20(2,3)29-18(24)22-11-15-12-23(19(25)28-15)14-4-5-16(17(21)10-14)13-6-8-30(26,27)9-7-13/h4-5,10,13,15H,6-9,11-12H2,1-3H3,(H,22,24)/t15-/m0/s1. The summed E-state index contributed by atoms with van der Waals surface area (Å²) < 4.78 is 48.3. The van der Waals surface area contributed by atoms with E-state index in [1.54, 1.807) is 32.9 Å². The van der Waals surface area contributed by atoms with Crippen molar-refractivity contribution in [2.75, 3.05) is 29.5 Å². The normalized spacial score (nSPS) is 21.9. The summed E-state index contributed by atoms with van der Waals surface area (Å²) in [7, 11) is -3.02. The Hall–Kier alpha value is -2.36. The monoisotopic (exact) mass is 442 g/mol. The minimum atomic E-state index is -3.02. The molecule has 10 heteroatoms. The molecule has 0 unspecified atom stereocenters. The lowest BCUT2D eigenvalue weighted by atomic mass is 9.93. The van der Waals surface area contributed by atoms with Crippen LogP contribution in [0.3, 0.4) is 0 Å². The van der Waals surface area contributed by atoms with Crippen LogP contribution in [0.2, 0.25) is 0 Å². The molecule has 0 radical (unpaired) electrons. The number of rotatable bonds is 4. The molecule has 8 nitrogen and oxygen atoms in total. The van der Waals surface area contributed by atoms with E-state index in [0.717, 1.165) is 0 Å². The number of cyclic esters (lactones) is 1. The highest BCUT2D eigenvalue weighted by molar-refractivity contribution is 7.91. The maximum absolute atomic E-state index is 14.7. The van der Waals surface area contributed by atoms with Gasteiger partial charge in [0.05, 0.1) is 30.3 Å². The van der Waals surface area contributed by atoms with E-state index in [4.69, 9.17) is 9.47 Å². The van der Waals surface area contributed by atoms with Crippen molar-refractivity contribution in [1.82, 2.24) is 5.32 Å². The van der Waals surface area contributed by atoms with Crippen LogP contribution in [0, 0.1) is 5.82 Å². The predicted molar refractivity (Wildman–Crippen MR) is 109 cm³/mol. The number of carbonyl (C=O) groups excluding carboxylic acids is 2. The Balaban J connectivity index is 1.60. The number of nitrogens with one attached hydrogen (secondary N) is 1. The van der Waals surface area contributed by atoms with Crippen molar-refractivity contribution in [3.05, 3.63) is 29.6 Å². The summed E-state index contributed by atoms with van der Waals surface area (Å²) in [5.74, 6) is -0.508. The molecule has 3 rings (SSSR count). The number of halogens is 1. The van der Waals surface area contributed by atoms with Crippen molar-refractivity contribution in [3.63, 3.8) is 0 Å². The molecule has 1 atom stereocenters. The highest BCUT2D eigenvalue weighted by atomic mass is 32.2. The fourth-order valence-corrected chi connectivity index (χ4v) is 5.06. The molecule has 2 aliphatic rings. The molecule has 1 N–H and O–H groups in total. The molecule has 2 saturated heterocycles. The summed E-state index contributed by atoms with van der Waals surface area (Å²) in [6.45, 7) is 5.47. The molecule has 0 aliphatic carbocycles. The number of carbonyl (C=O) groups is 2. The van der Waals surface area contributed by atoms with E-state index >= 15 is 0 Å². The van der Waals surface area contributed by atoms with Crippen LogP contribution in [0.15, 0.2) is 18.2 Å². The third kappa shape index (κ3) is 5.62. The second-order valence-electron chi connectivity index (χ2n) is 8.63. The molecule has 2 heterocycles. The third-order valence-corrected chi connectivity index (χ3v) is 6.75. The Morgan fingerprint density at radius 1 is 1.30 bits per heavy atom. The van der Waals surface area contributed by atoms with Crippen LogP contribution in [0.5, 0.6) is 0 Å². The summed E-state index contributed by atoms with van der Waals surface area (Å²) in [6, 6.07) is 4.50. The number of ether oxygens (including phenoxy) is 2. The molecular weight excluding hydrogens is 415 g/mol. The zero-order valence-corrected chi connectivity index (χ0v) is 18.1. The van der Waals surface area contributed by atoms with Crippen LogP contribution in [0.25, 0.3) is 0 Å². The van der Waals surface area contributed by atoms with Crippen LogP contribution in [-0.4, -0.2) is 56.9 Å². The summed E-state index contributed by atoms with van der Waals surface area (Å²) in [4.78, 5) is 25.3. The Morgan fingerprint density at radius 2 is 1.97 bits per heavy atom. The minimum absolute atomic E-state index is 0.0592. The van der Waals surface area contributed by atoms with Crippen LogP contribution >= 0.6 is 0 Å². The van der Waals surface area contributed by atoms with Crippen LogP contribution in [0.4, 0.5) is 19.7 Å².